The predicted octanol–water partition coefficient (Wildman–Crippen LogP) is 2.45. The topological polar surface area (TPSA) is 38.7 Å². The quantitative estimate of drug-likeness (QED) is 0.864. The number of methoxy groups -OCH3 is 2. The third-order valence-corrected chi connectivity index (χ3v) is 2.71. The first-order valence-electron chi connectivity index (χ1n) is 4.66. The largest absolute Gasteiger partial charge is 0.493 e. The minimum absolute atomic E-state index is 0.0164. The summed E-state index contributed by atoms with van der Waals surface area (Å²) in [5.41, 5.74) is 0.858. The van der Waals surface area contributed by atoms with Gasteiger partial charge in [0.05, 0.1) is 19.2 Å². The summed E-state index contributed by atoms with van der Waals surface area (Å²) in [6.45, 7) is 1.95. The molecule has 0 fully saturated rings. The van der Waals surface area contributed by atoms with Crippen LogP contribution in [0.4, 0.5) is 0 Å². The Morgan fingerprint density at radius 2 is 2.00 bits per heavy atom. The highest BCUT2D eigenvalue weighted by molar-refractivity contribution is 6.33. The van der Waals surface area contributed by atoms with Crippen molar-refractivity contribution in [2.45, 2.75) is 12.8 Å². The lowest BCUT2D eigenvalue weighted by Crippen LogP contribution is -2.02. The van der Waals surface area contributed by atoms with Crippen LogP contribution in [0.25, 0.3) is 0 Å². The van der Waals surface area contributed by atoms with E-state index in [1.54, 1.807) is 13.2 Å². The van der Waals surface area contributed by atoms with E-state index in [1.807, 2.05) is 13.0 Å². The number of aliphatic hydroxyl groups is 1. The summed E-state index contributed by atoms with van der Waals surface area (Å²) in [6.07, 6.45) is 0. The van der Waals surface area contributed by atoms with Gasteiger partial charge >= 0.3 is 0 Å². The van der Waals surface area contributed by atoms with Crippen molar-refractivity contribution in [1.82, 2.24) is 0 Å². The Balaban J connectivity index is 3.22. The van der Waals surface area contributed by atoms with Crippen LogP contribution in [0.2, 0.25) is 5.02 Å². The van der Waals surface area contributed by atoms with Crippen molar-refractivity contribution < 1.29 is 14.6 Å². The third kappa shape index (κ3) is 2.36. The van der Waals surface area contributed by atoms with Crippen molar-refractivity contribution in [3.8, 4) is 11.5 Å². The van der Waals surface area contributed by atoms with E-state index in [0.717, 1.165) is 5.56 Å². The van der Waals surface area contributed by atoms with Crippen molar-refractivity contribution in [3.05, 3.63) is 22.7 Å². The molecule has 0 bridgehead atoms. The average Bonchev–Trinajstić information content (AvgIpc) is 2.27. The number of benzene rings is 1. The van der Waals surface area contributed by atoms with E-state index < -0.39 is 0 Å². The monoisotopic (exact) mass is 230 g/mol. The Bertz CT molecular complexity index is 339. The Morgan fingerprint density at radius 1 is 1.33 bits per heavy atom. The number of hydrogen-bond acceptors (Lipinski definition) is 3. The first-order valence-corrected chi connectivity index (χ1v) is 5.04. The van der Waals surface area contributed by atoms with Crippen LogP contribution in [0, 0.1) is 0 Å². The summed E-state index contributed by atoms with van der Waals surface area (Å²) < 4.78 is 10.3. The molecule has 1 N–H and O–H groups in total. The molecule has 0 aliphatic carbocycles. The van der Waals surface area contributed by atoms with E-state index in [9.17, 15) is 0 Å². The van der Waals surface area contributed by atoms with Crippen LogP contribution < -0.4 is 9.47 Å². The van der Waals surface area contributed by atoms with Crippen molar-refractivity contribution in [2.75, 3.05) is 20.8 Å². The van der Waals surface area contributed by atoms with E-state index in [0.29, 0.717) is 16.5 Å². The Labute approximate surface area is 94.6 Å². The van der Waals surface area contributed by atoms with E-state index in [4.69, 9.17) is 26.2 Å². The molecule has 0 saturated carbocycles. The maximum Gasteiger partial charge on any atom is 0.179 e. The highest BCUT2D eigenvalue weighted by atomic mass is 35.5. The number of hydrogen-bond donors (Lipinski definition) is 1. The van der Waals surface area contributed by atoms with Gasteiger partial charge in [0.2, 0.25) is 0 Å². The summed E-state index contributed by atoms with van der Waals surface area (Å²) >= 11 is 6.15. The molecule has 0 radical (unpaired) electrons. The predicted molar refractivity (Wildman–Crippen MR) is 60.1 cm³/mol. The first-order chi connectivity index (χ1) is 7.15. The van der Waals surface area contributed by atoms with Crippen LogP contribution in [-0.4, -0.2) is 25.9 Å². The summed E-state index contributed by atoms with van der Waals surface area (Å²) in [5.74, 6) is 1.09. The molecule has 84 valence electrons. The molecular weight excluding hydrogens is 216 g/mol. The molecule has 1 aromatic carbocycles. The van der Waals surface area contributed by atoms with Crippen LogP contribution in [0.5, 0.6) is 11.5 Å². The van der Waals surface area contributed by atoms with Crippen LogP contribution in [-0.2, 0) is 0 Å². The lowest BCUT2D eigenvalue weighted by atomic mass is 10.0. The van der Waals surface area contributed by atoms with E-state index >= 15 is 0 Å². The van der Waals surface area contributed by atoms with Gasteiger partial charge in [0.1, 0.15) is 0 Å². The molecule has 0 aliphatic heterocycles. The molecule has 0 amide bonds. The lowest BCUT2D eigenvalue weighted by molar-refractivity contribution is 0.272. The standard InChI is InChI=1S/C11H15ClO3/c1-7(6-13)8-4-5-9(14-2)11(15-3)10(8)12/h4-5,7,13H,6H2,1-3H3. The Hall–Kier alpha value is -0.930. The minimum atomic E-state index is -0.0164. The molecule has 0 aliphatic rings. The fourth-order valence-electron chi connectivity index (χ4n) is 1.38. The van der Waals surface area contributed by atoms with Crippen molar-refractivity contribution in [3.63, 3.8) is 0 Å². The van der Waals surface area contributed by atoms with Crippen LogP contribution >= 0.6 is 11.6 Å². The van der Waals surface area contributed by atoms with Gasteiger partial charge in [0.15, 0.2) is 11.5 Å². The molecule has 15 heavy (non-hydrogen) atoms. The van der Waals surface area contributed by atoms with Gasteiger partial charge in [-0.05, 0) is 11.6 Å². The smallest absolute Gasteiger partial charge is 0.179 e. The van der Waals surface area contributed by atoms with Gasteiger partial charge < -0.3 is 14.6 Å². The second-order valence-corrected chi connectivity index (χ2v) is 3.67. The van der Waals surface area contributed by atoms with E-state index in [1.165, 1.54) is 7.11 Å². The zero-order valence-electron chi connectivity index (χ0n) is 9.08. The number of ether oxygens (including phenoxy) is 2. The first kappa shape index (κ1) is 12.1. The maximum atomic E-state index is 9.07. The fraction of sp³-hybridized carbons (Fsp3) is 0.455. The molecule has 1 rings (SSSR count). The normalized spacial score (nSPS) is 12.3. The number of rotatable bonds is 4. The highest BCUT2D eigenvalue weighted by Crippen LogP contribution is 2.39. The zero-order valence-corrected chi connectivity index (χ0v) is 9.84. The summed E-state index contributed by atoms with van der Waals surface area (Å²) in [4.78, 5) is 0. The van der Waals surface area contributed by atoms with Gasteiger partial charge in [0, 0.05) is 12.5 Å². The maximum absolute atomic E-state index is 9.07. The summed E-state index contributed by atoms with van der Waals surface area (Å²) in [5, 5.41) is 9.57. The van der Waals surface area contributed by atoms with Gasteiger partial charge in [-0.3, -0.25) is 0 Å². The van der Waals surface area contributed by atoms with Gasteiger partial charge in [0.25, 0.3) is 0 Å². The third-order valence-electron chi connectivity index (χ3n) is 2.32. The average molecular weight is 231 g/mol. The lowest BCUT2D eigenvalue weighted by Gasteiger charge is -2.15. The second-order valence-electron chi connectivity index (χ2n) is 3.29. The summed E-state index contributed by atoms with van der Waals surface area (Å²) in [6, 6.07) is 3.62. The SMILES string of the molecule is COc1ccc(C(C)CO)c(Cl)c1OC. The van der Waals surface area contributed by atoms with Crippen LogP contribution in [0.3, 0.4) is 0 Å². The van der Waals surface area contributed by atoms with Gasteiger partial charge in [-0.25, -0.2) is 0 Å². The molecule has 1 atom stereocenters. The van der Waals surface area contributed by atoms with Gasteiger partial charge in [-0.15, -0.1) is 0 Å². The Morgan fingerprint density at radius 3 is 2.47 bits per heavy atom. The zero-order chi connectivity index (χ0) is 11.4. The van der Waals surface area contributed by atoms with Gasteiger partial charge in [-0.1, -0.05) is 24.6 Å². The van der Waals surface area contributed by atoms with Gasteiger partial charge in [-0.2, -0.15) is 0 Å². The van der Waals surface area contributed by atoms with Crippen LogP contribution in [0.15, 0.2) is 12.1 Å². The van der Waals surface area contributed by atoms with Crippen molar-refractivity contribution in [2.24, 2.45) is 0 Å². The molecule has 0 saturated heterocycles. The number of halogens is 1. The van der Waals surface area contributed by atoms with Crippen LogP contribution in [0.1, 0.15) is 18.4 Å². The van der Waals surface area contributed by atoms with E-state index in [-0.39, 0.29) is 12.5 Å². The van der Waals surface area contributed by atoms with Crippen molar-refractivity contribution >= 4 is 11.6 Å². The minimum Gasteiger partial charge on any atom is -0.493 e. The molecule has 0 aromatic heterocycles. The second kappa shape index (κ2) is 5.24. The summed E-state index contributed by atoms with van der Waals surface area (Å²) in [7, 11) is 3.10. The fourth-order valence-corrected chi connectivity index (χ4v) is 1.80. The molecular formula is C11H15ClO3. The van der Waals surface area contributed by atoms with Crippen molar-refractivity contribution in [1.29, 1.82) is 0 Å². The molecule has 1 unspecified atom stereocenters. The molecule has 1 aromatic rings. The molecule has 3 nitrogen and oxygen atoms in total. The Kier molecular flexibility index (Phi) is 4.24. The molecule has 0 heterocycles. The number of aliphatic hydroxyl groups excluding tert-OH is 1. The molecule has 4 heteroatoms. The molecule has 0 spiro atoms. The highest BCUT2D eigenvalue weighted by Gasteiger charge is 2.16. The van der Waals surface area contributed by atoms with E-state index in [2.05, 4.69) is 0 Å².